The van der Waals surface area contributed by atoms with Gasteiger partial charge in [-0.3, -0.25) is 0 Å². The summed E-state index contributed by atoms with van der Waals surface area (Å²) in [5, 5.41) is 3.30. The summed E-state index contributed by atoms with van der Waals surface area (Å²) in [5.74, 6) is 1.79. The maximum absolute atomic E-state index is 4.73. The quantitative estimate of drug-likeness (QED) is 0.897. The van der Waals surface area contributed by atoms with Gasteiger partial charge in [0.2, 0.25) is 0 Å². The van der Waals surface area contributed by atoms with Crippen LogP contribution in [0.15, 0.2) is 36.4 Å². The lowest BCUT2D eigenvalue weighted by molar-refractivity contribution is 0.586. The molecule has 0 fully saturated rings. The molecule has 0 aliphatic heterocycles. The number of benzene rings is 1. The van der Waals surface area contributed by atoms with E-state index in [0.717, 1.165) is 30.3 Å². The number of aryl methyl sites for hydroxylation is 1. The third kappa shape index (κ3) is 2.98. The van der Waals surface area contributed by atoms with E-state index >= 15 is 0 Å². The predicted octanol–water partition coefficient (Wildman–Crippen LogP) is 3.80. The van der Waals surface area contributed by atoms with Gasteiger partial charge in [-0.2, -0.15) is 0 Å². The molecule has 1 aromatic carbocycles. The van der Waals surface area contributed by atoms with Crippen molar-refractivity contribution in [3.63, 3.8) is 0 Å². The van der Waals surface area contributed by atoms with Gasteiger partial charge >= 0.3 is 0 Å². The lowest BCUT2D eigenvalue weighted by atomic mass is 9.83. The first-order valence-electron chi connectivity index (χ1n) is 7.25. The molecule has 0 aliphatic rings. The van der Waals surface area contributed by atoms with Gasteiger partial charge in [0.15, 0.2) is 0 Å². The Bertz CT molecular complexity index is 562. The normalized spacial score (nSPS) is 11.4. The van der Waals surface area contributed by atoms with Gasteiger partial charge in [-0.15, -0.1) is 0 Å². The first kappa shape index (κ1) is 14.5. The summed E-state index contributed by atoms with van der Waals surface area (Å²) in [6, 6.07) is 12.5. The van der Waals surface area contributed by atoms with Crippen molar-refractivity contribution in [2.75, 3.05) is 11.9 Å². The molecule has 3 nitrogen and oxygen atoms in total. The molecule has 1 aromatic heterocycles. The summed E-state index contributed by atoms with van der Waals surface area (Å²) in [7, 11) is 0. The Morgan fingerprint density at radius 2 is 1.75 bits per heavy atom. The molecule has 2 aromatic rings. The van der Waals surface area contributed by atoms with E-state index in [9.17, 15) is 0 Å². The highest BCUT2D eigenvalue weighted by molar-refractivity contribution is 5.39. The maximum Gasteiger partial charge on any atom is 0.140 e. The van der Waals surface area contributed by atoms with Crippen molar-refractivity contribution in [1.29, 1.82) is 0 Å². The van der Waals surface area contributed by atoms with E-state index in [4.69, 9.17) is 9.97 Å². The van der Waals surface area contributed by atoms with E-state index in [-0.39, 0.29) is 5.41 Å². The second kappa shape index (κ2) is 6.04. The average molecular weight is 269 g/mol. The van der Waals surface area contributed by atoms with Crippen LogP contribution >= 0.6 is 0 Å². The van der Waals surface area contributed by atoms with Crippen LogP contribution in [0.4, 0.5) is 5.82 Å². The van der Waals surface area contributed by atoms with Crippen molar-refractivity contribution in [2.24, 2.45) is 0 Å². The van der Waals surface area contributed by atoms with E-state index in [1.807, 2.05) is 12.1 Å². The van der Waals surface area contributed by atoms with Gasteiger partial charge in [0.05, 0.1) is 0 Å². The molecule has 20 heavy (non-hydrogen) atoms. The zero-order valence-corrected chi connectivity index (χ0v) is 12.8. The van der Waals surface area contributed by atoms with E-state index in [1.165, 1.54) is 5.56 Å². The number of hydrogen-bond acceptors (Lipinski definition) is 3. The third-order valence-corrected chi connectivity index (χ3v) is 3.55. The Morgan fingerprint density at radius 3 is 2.35 bits per heavy atom. The highest BCUT2D eigenvalue weighted by Crippen LogP contribution is 2.29. The van der Waals surface area contributed by atoms with Crippen LogP contribution < -0.4 is 5.32 Å². The molecule has 3 heteroatoms. The molecule has 1 heterocycles. The number of hydrogen-bond donors (Lipinski definition) is 1. The second-order valence-corrected chi connectivity index (χ2v) is 5.44. The Morgan fingerprint density at radius 1 is 1.05 bits per heavy atom. The Labute approximate surface area is 121 Å². The molecule has 106 valence electrons. The van der Waals surface area contributed by atoms with Crippen molar-refractivity contribution in [2.45, 2.75) is 39.5 Å². The Kier molecular flexibility index (Phi) is 4.38. The predicted molar refractivity (Wildman–Crippen MR) is 84.1 cm³/mol. The van der Waals surface area contributed by atoms with Crippen LogP contribution in [-0.2, 0) is 11.8 Å². The molecule has 2 rings (SSSR count). The first-order valence-corrected chi connectivity index (χ1v) is 7.25. The van der Waals surface area contributed by atoms with Crippen LogP contribution in [0.5, 0.6) is 0 Å². The molecular formula is C17H23N3. The standard InChI is InChI=1S/C17H23N3/c1-5-14-12-15(18-6-2)20-16(19-14)17(3,4)13-10-8-7-9-11-13/h7-12H,5-6H2,1-4H3,(H,18,19,20). The van der Waals surface area contributed by atoms with Gasteiger partial charge in [-0.1, -0.05) is 37.3 Å². The van der Waals surface area contributed by atoms with Gasteiger partial charge < -0.3 is 5.32 Å². The SMILES string of the molecule is CCNc1cc(CC)nc(C(C)(C)c2ccccc2)n1. The minimum Gasteiger partial charge on any atom is -0.370 e. The molecular weight excluding hydrogens is 246 g/mol. The molecule has 0 bridgehead atoms. The van der Waals surface area contributed by atoms with E-state index in [0.29, 0.717) is 0 Å². The van der Waals surface area contributed by atoms with Crippen molar-refractivity contribution < 1.29 is 0 Å². The van der Waals surface area contributed by atoms with Crippen molar-refractivity contribution in [3.05, 3.63) is 53.5 Å². The highest BCUT2D eigenvalue weighted by atomic mass is 15.0. The smallest absolute Gasteiger partial charge is 0.140 e. The number of anilines is 1. The number of nitrogens with zero attached hydrogens (tertiary/aromatic N) is 2. The average Bonchev–Trinajstić information content (AvgIpc) is 2.48. The largest absolute Gasteiger partial charge is 0.370 e. The fraction of sp³-hybridized carbons (Fsp3) is 0.412. The number of rotatable bonds is 5. The monoisotopic (exact) mass is 269 g/mol. The molecule has 0 spiro atoms. The topological polar surface area (TPSA) is 37.8 Å². The minimum atomic E-state index is -0.198. The van der Waals surface area contributed by atoms with Gasteiger partial charge in [0.25, 0.3) is 0 Å². The van der Waals surface area contributed by atoms with Crippen LogP contribution in [0, 0.1) is 0 Å². The number of nitrogens with one attached hydrogen (secondary N) is 1. The van der Waals surface area contributed by atoms with Crippen LogP contribution in [0.3, 0.4) is 0 Å². The van der Waals surface area contributed by atoms with E-state index in [2.05, 4.69) is 57.3 Å². The summed E-state index contributed by atoms with van der Waals surface area (Å²) >= 11 is 0. The molecule has 0 amide bonds. The maximum atomic E-state index is 4.73. The zero-order valence-electron chi connectivity index (χ0n) is 12.8. The minimum absolute atomic E-state index is 0.198. The van der Waals surface area contributed by atoms with Crippen LogP contribution in [0.25, 0.3) is 0 Å². The molecule has 0 atom stereocenters. The van der Waals surface area contributed by atoms with Gasteiger partial charge in [-0.05, 0) is 32.8 Å². The van der Waals surface area contributed by atoms with Crippen LogP contribution in [-0.4, -0.2) is 16.5 Å². The Balaban J connectivity index is 2.47. The van der Waals surface area contributed by atoms with Gasteiger partial charge in [-0.25, -0.2) is 9.97 Å². The summed E-state index contributed by atoms with van der Waals surface area (Å²) in [6.45, 7) is 9.41. The lowest BCUT2D eigenvalue weighted by Gasteiger charge is -2.24. The van der Waals surface area contributed by atoms with Gasteiger partial charge in [0, 0.05) is 23.7 Å². The highest BCUT2D eigenvalue weighted by Gasteiger charge is 2.27. The molecule has 0 aliphatic carbocycles. The molecule has 0 saturated heterocycles. The van der Waals surface area contributed by atoms with Gasteiger partial charge in [0.1, 0.15) is 11.6 Å². The summed E-state index contributed by atoms with van der Waals surface area (Å²) < 4.78 is 0. The molecule has 1 N–H and O–H groups in total. The molecule has 0 unspecified atom stereocenters. The third-order valence-electron chi connectivity index (χ3n) is 3.55. The summed E-state index contributed by atoms with van der Waals surface area (Å²) in [5.41, 5.74) is 2.11. The van der Waals surface area contributed by atoms with Crippen LogP contribution in [0.2, 0.25) is 0 Å². The van der Waals surface area contributed by atoms with Crippen molar-refractivity contribution >= 4 is 5.82 Å². The summed E-state index contributed by atoms with van der Waals surface area (Å²) in [4.78, 5) is 9.43. The van der Waals surface area contributed by atoms with E-state index < -0.39 is 0 Å². The lowest BCUT2D eigenvalue weighted by Crippen LogP contribution is -2.23. The van der Waals surface area contributed by atoms with E-state index in [1.54, 1.807) is 0 Å². The molecule has 0 saturated carbocycles. The fourth-order valence-electron chi connectivity index (χ4n) is 2.21. The van der Waals surface area contributed by atoms with Crippen molar-refractivity contribution in [3.8, 4) is 0 Å². The molecule has 0 radical (unpaired) electrons. The fourth-order valence-corrected chi connectivity index (χ4v) is 2.21. The second-order valence-electron chi connectivity index (χ2n) is 5.44. The summed E-state index contributed by atoms with van der Waals surface area (Å²) in [6.07, 6.45) is 0.915. The number of aromatic nitrogens is 2. The first-order chi connectivity index (χ1) is 9.57. The zero-order chi connectivity index (χ0) is 14.6. The Hall–Kier alpha value is -1.90. The van der Waals surface area contributed by atoms with Crippen LogP contribution in [0.1, 0.15) is 44.8 Å². The van der Waals surface area contributed by atoms with Crippen molar-refractivity contribution in [1.82, 2.24) is 9.97 Å².